The van der Waals surface area contributed by atoms with Gasteiger partial charge in [0.25, 0.3) is 0 Å². The number of nitrogens with zero attached hydrogens (tertiary/aromatic N) is 2. The summed E-state index contributed by atoms with van der Waals surface area (Å²) in [6.45, 7) is 3.44. The van der Waals surface area contributed by atoms with Crippen molar-refractivity contribution in [1.82, 2.24) is 15.5 Å². The molecule has 1 atom stereocenters. The molecular weight excluding hydrogens is 312 g/mol. The molecule has 136 valence electrons. The average molecular weight is 342 g/mol. The van der Waals surface area contributed by atoms with E-state index < -0.39 is 0 Å². The van der Waals surface area contributed by atoms with Crippen molar-refractivity contribution in [2.45, 2.75) is 32.1 Å². The van der Waals surface area contributed by atoms with Crippen LogP contribution in [-0.4, -0.2) is 50.0 Å². The molecule has 2 N–H and O–H groups in total. The number of likely N-dealkylation sites (tertiary alicyclic amines) is 1. The lowest BCUT2D eigenvalue weighted by Crippen LogP contribution is -2.40. The summed E-state index contributed by atoms with van der Waals surface area (Å²) in [5.41, 5.74) is 1.29. The van der Waals surface area contributed by atoms with E-state index in [2.05, 4.69) is 39.9 Å². The second kappa shape index (κ2) is 8.88. The van der Waals surface area contributed by atoms with Crippen molar-refractivity contribution < 1.29 is 4.79 Å². The molecule has 1 aliphatic heterocycles. The van der Waals surface area contributed by atoms with Crippen molar-refractivity contribution in [2.24, 2.45) is 16.8 Å². The molecule has 1 saturated heterocycles. The molecule has 5 heteroatoms. The Morgan fingerprint density at radius 3 is 2.72 bits per heavy atom. The third-order valence-electron chi connectivity index (χ3n) is 5.13. The summed E-state index contributed by atoms with van der Waals surface area (Å²) in [5.74, 6) is 2.43. The lowest BCUT2D eigenvalue weighted by molar-refractivity contribution is -0.127. The van der Waals surface area contributed by atoms with Crippen LogP contribution in [0.5, 0.6) is 0 Å². The first-order chi connectivity index (χ1) is 12.2. The molecule has 5 nitrogen and oxygen atoms in total. The van der Waals surface area contributed by atoms with Gasteiger partial charge in [0.15, 0.2) is 5.96 Å². The van der Waals surface area contributed by atoms with E-state index in [1.54, 1.807) is 7.05 Å². The summed E-state index contributed by atoms with van der Waals surface area (Å²) >= 11 is 0. The Hall–Kier alpha value is -2.04. The number of aliphatic imine (C=N–C) groups is 1. The summed E-state index contributed by atoms with van der Waals surface area (Å²) < 4.78 is 0. The number of rotatable bonds is 8. The van der Waals surface area contributed by atoms with Crippen LogP contribution in [0.15, 0.2) is 35.3 Å². The maximum atomic E-state index is 12.2. The van der Waals surface area contributed by atoms with Crippen LogP contribution < -0.4 is 10.6 Å². The zero-order valence-electron chi connectivity index (χ0n) is 15.2. The number of hydrogen-bond donors (Lipinski definition) is 2. The Morgan fingerprint density at radius 1 is 1.20 bits per heavy atom. The van der Waals surface area contributed by atoms with Crippen molar-refractivity contribution in [3.05, 3.63) is 35.9 Å². The van der Waals surface area contributed by atoms with Gasteiger partial charge in [0.05, 0.1) is 0 Å². The summed E-state index contributed by atoms with van der Waals surface area (Å²) in [7, 11) is 1.80. The number of hydrogen-bond acceptors (Lipinski definition) is 2. The smallest absolute Gasteiger partial charge is 0.223 e. The normalized spacial score (nSPS) is 20.8. The van der Waals surface area contributed by atoms with Gasteiger partial charge in [0.1, 0.15) is 0 Å². The summed E-state index contributed by atoms with van der Waals surface area (Å²) in [6.07, 6.45) is 5.57. The fourth-order valence-electron chi connectivity index (χ4n) is 3.38. The number of amides is 1. The van der Waals surface area contributed by atoms with Crippen LogP contribution >= 0.6 is 0 Å². The fourth-order valence-corrected chi connectivity index (χ4v) is 3.38. The van der Waals surface area contributed by atoms with Gasteiger partial charge in [-0.1, -0.05) is 43.2 Å². The molecule has 0 aromatic heterocycles. The quantitative estimate of drug-likeness (QED) is 0.561. The second-order valence-electron chi connectivity index (χ2n) is 7.26. The molecule has 1 heterocycles. The predicted molar refractivity (Wildman–Crippen MR) is 102 cm³/mol. The lowest BCUT2D eigenvalue weighted by atomic mass is 10.1. The van der Waals surface area contributed by atoms with Gasteiger partial charge >= 0.3 is 0 Å². The monoisotopic (exact) mass is 342 g/mol. The third kappa shape index (κ3) is 5.76. The van der Waals surface area contributed by atoms with E-state index in [1.165, 1.54) is 24.8 Å². The number of nitrogens with one attached hydrogen (secondary N) is 2. The molecule has 0 bridgehead atoms. The minimum absolute atomic E-state index is 0.277. The van der Waals surface area contributed by atoms with E-state index in [9.17, 15) is 4.79 Å². The van der Waals surface area contributed by atoms with Crippen LogP contribution in [0.25, 0.3) is 0 Å². The molecule has 1 aromatic carbocycles. The van der Waals surface area contributed by atoms with Crippen LogP contribution in [0.3, 0.4) is 0 Å². The van der Waals surface area contributed by atoms with Crippen LogP contribution in [0.2, 0.25) is 0 Å². The molecular formula is C20H30N4O. The zero-order valence-corrected chi connectivity index (χ0v) is 15.2. The predicted octanol–water partition coefficient (Wildman–Crippen LogP) is 2.04. The SMILES string of the molecule is CN=C(NCCC1CC1)NCC1CC(=O)N(CCc2ccccc2)C1. The number of guanidine groups is 1. The first-order valence-corrected chi connectivity index (χ1v) is 9.51. The van der Waals surface area contributed by atoms with Crippen LogP contribution in [0, 0.1) is 11.8 Å². The second-order valence-corrected chi connectivity index (χ2v) is 7.26. The van der Waals surface area contributed by atoms with E-state index in [0.717, 1.165) is 44.5 Å². The summed E-state index contributed by atoms with van der Waals surface area (Å²) in [6, 6.07) is 10.4. The first-order valence-electron chi connectivity index (χ1n) is 9.51. The third-order valence-corrected chi connectivity index (χ3v) is 5.13. The number of benzene rings is 1. The highest BCUT2D eigenvalue weighted by Crippen LogP contribution is 2.31. The number of carbonyl (C=O) groups excluding carboxylic acids is 1. The Bertz CT molecular complexity index is 583. The molecule has 2 aliphatic rings. The standard InChI is InChI=1S/C20H30N4O/c1-21-20(22-11-9-17-7-8-17)23-14-18-13-19(25)24(15-18)12-10-16-5-3-2-4-6-16/h2-6,17-18H,7-15H2,1H3,(H2,21,22,23). The average Bonchev–Trinajstić information content (AvgIpc) is 3.39. The van der Waals surface area contributed by atoms with E-state index in [0.29, 0.717) is 12.3 Å². The molecule has 3 rings (SSSR count). The van der Waals surface area contributed by atoms with Crippen LogP contribution in [0.1, 0.15) is 31.2 Å². The Labute approximate surface area is 150 Å². The van der Waals surface area contributed by atoms with Crippen molar-refractivity contribution in [3.63, 3.8) is 0 Å². The van der Waals surface area contributed by atoms with Crippen LogP contribution in [0.4, 0.5) is 0 Å². The van der Waals surface area contributed by atoms with Gasteiger partial charge < -0.3 is 15.5 Å². The van der Waals surface area contributed by atoms with Crippen molar-refractivity contribution in [1.29, 1.82) is 0 Å². The fraction of sp³-hybridized carbons (Fsp3) is 0.600. The van der Waals surface area contributed by atoms with Crippen molar-refractivity contribution in [3.8, 4) is 0 Å². The highest BCUT2D eigenvalue weighted by molar-refractivity contribution is 5.80. The van der Waals surface area contributed by atoms with Gasteiger partial charge in [-0.15, -0.1) is 0 Å². The molecule has 2 fully saturated rings. The Balaban J connectivity index is 1.36. The van der Waals surface area contributed by atoms with Crippen molar-refractivity contribution >= 4 is 11.9 Å². The first kappa shape index (κ1) is 17.8. The maximum Gasteiger partial charge on any atom is 0.223 e. The molecule has 0 radical (unpaired) electrons. The highest BCUT2D eigenvalue weighted by atomic mass is 16.2. The van der Waals surface area contributed by atoms with Gasteiger partial charge in [0.2, 0.25) is 5.91 Å². The number of carbonyl (C=O) groups is 1. The van der Waals surface area contributed by atoms with E-state index in [-0.39, 0.29) is 5.91 Å². The molecule has 25 heavy (non-hydrogen) atoms. The van der Waals surface area contributed by atoms with E-state index in [4.69, 9.17) is 0 Å². The molecule has 0 spiro atoms. The van der Waals surface area contributed by atoms with Crippen molar-refractivity contribution in [2.75, 3.05) is 33.2 Å². The van der Waals surface area contributed by atoms with Gasteiger partial charge in [-0.25, -0.2) is 0 Å². The van der Waals surface area contributed by atoms with E-state index >= 15 is 0 Å². The molecule has 1 aliphatic carbocycles. The minimum atomic E-state index is 0.277. The maximum absolute atomic E-state index is 12.2. The van der Waals surface area contributed by atoms with E-state index in [1.807, 2.05) is 11.0 Å². The molecule has 1 unspecified atom stereocenters. The zero-order chi connectivity index (χ0) is 17.5. The molecule has 1 aromatic rings. The molecule has 1 amide bonds. The summed E-state index contributed by atoms with van der Waals surface area (Å²) in [4.78, 5) is 18.5. The molecule has 1 saturated carbocycles. The van der Waals surface area contributed by atoms with Gasteiger partial charge in [0, 0.05) is 45.6 Å². The highest BCUT2D eigenvalue weighted by Gasteiger charge is 2.29. The topological polar surface area (TPSA) is 56.7 Å². The van der Waals surface area contributed by atoms with Crippen LogP contribution in [-0.2, 0) is 11.2 Å². The van der Waals surface area contributed by atoms with Gasteiger partial charge in [-0.3, -0.25) is 9.79 Å². The minimum Gasteiger partial charge on any atom is -0.356 e. The Morgan fingerprint density at radius 2 is 2.00 bits per heavy atom. The largest absolute Gasteiger partial charge is 0.356 e. The van der Waals surface area contributed by atoms with Gasteiger partial charge in [-0.2, -0.15) is 0 Å². The van der Waals surface area contributed by atoms with Gasteiger partial charge in [-0.05, 0) is 24.3 Å². The summed E-state index contributed by atoms with van der Waals surface area (Å²) in [5, 5.41) is 6.75. The Kier molecular flexibility index (Phi) is 6.31. The lowest BCUT2D eigenvalue weighted by Gasteiger charge is -2.18.